The summed E-state index contributed by atoms with van der Waals surface area (Å²) < 4.78 is 18.6. The number of nitrogens with one attached hydrogen (secondary N) is 2. The molecule has 0 saturated carbocycles. The molecule has 0 unspecified atom stereocenters. The van der Waals surface area contributed by atoms with Crippen LogP contribution in [0, 0.1) is 5.82 Å². The lowest BCUT2D eigenvalue weighted by Gasteiger charge is -2.12. The van der Waals surface area contributed by atoms with E-state index in [1.807, 2.05) is 30.3 Å². The summed E-state index contributed by atoms with van der Waals surface area (Å²) in [6, 6.07) is 22.5. The number of carbonyl (C=O) groups is 1. The molecule has 1 amide bonds. The molecule has 0 atom stereocenters. The maximum atomic E-state index is 13.2. The molecule has 0 aliphatic carbocycles. The molecule has 0 radical (unpaired) electrons. The predicted octanol–water partition coefficient (Wildman–Crippen LogP) is 4.85. The summed E-state index contributed by atoms with van der Waals surface area (Å²) >= 11 is 5.34. The molecule has 0 spiro atoms. The average molecular weight is 472 g/mol. The molecular formula is C25H18FN5O2S. The Morgan fingerprint density at radius 1 is 0.941 bits per heavy atom. The number of carbonyl (C=O) groups excluding carboxylic acids is 1. The van der Waals surface area contributed by atoms with Crippen molar-refractivity contribution in [1.82, 2.24) is 20.3 Å². The topological polar surface area (TPSA) is 81.1 Å². The molecular weight excluding hydrogens is 453 g/mol. The van der Waals surface area contributed by atoms with Crippen LogP contribution in [0.25, 0.3) is 27.5 Å². The Bertz CT molecular complexity index is 1550. The van der Waals surface area contributed by atoms with Gasteiger partial charge in [0.2, 0.25) is 0 Å². The van der Waals surface area contributed by atoms with Crippen LogP contribution in [0.1, 0.15) is 10.4 Å². The van der Waals surface area contributed by atoms with Crippen molar-refractivity contribution in [3.05, 3.63) is 90.2 Å². The summed E-state index contributed by atoms with van der Waals surface area (Å²) in [5.74, 6) is -0.259. The predicted molar refractivity (Wildman–Crippen MR) is 133 cm³/mol. The van der Waals surface area contributed by atoms with Crippen molar-refractivity contribution in [2.24, 2.45) is 0 Å². The average Bonchev–Trinajstić information content (AvgIpc) is 3.27. The maximum absolute atomic E-state index is 13.2. The molecule has 0 fully saturated rings. The van der Waals surface area contributed by atoms with Gasteiger partial charge in [-0.15, -0.1) is 10.2 Å². The second-order valence-corrected chi connectivity index (χ2v) is 7.89. The van der Waals surface area contributed by atoms with Gasteiger partial charge in [0.15, 0.2) is 5.11 Å². The Labute approximate surface area is 199 Å². The summed E-state index contributed by atoms with van der Waals surface area (Å²) in [4.78, 5) is 14.3. The van der Waals surface area contributed by atoms with Crippen LogP contribution in [-0.4, -0.2) is 33.1 Å². The molecule has 0 bridgehead atoms. The van der Waals surface area contributed by atoms with Gasteiger partial charge in [-0.2, -0.15) is 4.80 Å². The minimum Gasteiger partial charge on any atom is -0.496 e. The summed E-state index contributed by atoms with van der Waals surface area (Å²) in [6.07, 6.45) is 0. The summed E-state index contributed by atoms with van der Waals surface area (Å²) in [5.41, 5.74) is 2.92. The Balaban J connectivity index is 1.33. The number of hydrogen-bond acceptors (Lipinski definition) is 5. The number of amides is 1. The smallest absolute Gasteiger partial charge is 0.261 e. The minimum atomic E-state index is -0.386. The van der Waals surface area contributed by atoms with Gasteiger partial charge >= 0.3 is 0 Å². The van der Waals surface area contributed by atoms with Crippen molar-refractivity contribution in [2.45, 2.75) is 0 Å². The van der Waals surface area contributed by atoms with Crippen molar-refractivity contribution in [2.75, 3.05) is 12.4 Å². The third-order valence-electron chi connectivity index (χ3n) is 5.24. The largest absolute Gasteiger partial charge is 0.496 e. The van der Waals surface area contributed by atoms with E-state index < -0.39 is 0 Å². The van der Waals surface area contributed by atoms with Gasteiger partial charge in [0.25, 0.3) is 5.91 Å². The number of aromatic nitrogens is 3. The quantitative estimate of drug-likeness (QED) is 0.365. The van der Waals surface area contributed by atoms with Crippen molar-refractivity contribution in [3.63, 3.8) is 0 Å². The van der Waals surface area contributed by atoms with E-state index in [1.165, 1.54) is 24.0 Å². The first kappa shape index (κ1) is 21.5. The Morgan fingerprint density at radius 2 is 1.65 bits per heavy atom. The third kappa shape index (κ3) is 4.28. The number of anilines is 1. The highest BCUT2D eigenvalue weighted by Crippen LogP contribution is 2.26. The first-order chi connectivity index (χ1) is 16.5. The van der Waals surface area contributed by atoms with Crippen molar-refractivity contribution < 1.29 is 13.9 Å². The highest BCUT2D eigenvalue weighted by Gasteiger charge is 2.15. The van der Waals surface area contributed by atoms with Crippen LogP contribution in [0.3, 0.4) is 0 Å². The fourth-order valence-electron chi connectivity index (χ4n) is 3.58. The molecule has 5 rings (SSSR count). The zero-order valence-electron chi connectivity index (χ0n) is 17.9. The minimum absolute atomic E-state index is 0.130. The second-order valence-electron chi connectivity index (χ2n) is 7.48. The van der Waals surface area contributed by atoms with E-state index in [-0.39, 0.29) is 16.8 Å². The summed E-state index contributed by atoms with van der Waals surface area (Å²) in [7, 11) is 1.52. The Kier molecular flexibility index (Phi) is 5.60. The van der Waals surface area contributed by atoms with E-state index in [0.29, 0.717) is 33.7 Å². The molecule has 5 aromatic rings. The maximum Gasteiger partial charge on any atom is 0.261 e. The normalized spacial score (nSPS) is 10.9. The molecule has 0 saturated heterocycles. The zero-order chi connectivity index (χ0) is 23.7. The van der Waals surface area contributed by atoms with Gasteiger partial charge in [-0.1, -0.05) is 24.3 Å². The highest BCUT2D eigenvalue weighted by atomic mass is 32.1. The highest BCUT2D eigenvalue weighted by molar-refractivity contribution is 7.80. The monoisotopic (exact) mass is 471 g/mol. The van der Waals surface area contributed by atoms with Crippen LogP contribution in [-0.2, 0) is 0 Å². The van der Waals surface area contributed by atoms with Gasteiger partial charge in [-0.05, 0) is 77.6 Å². The zero-order valence-corrected chi connectivity index (χ0v) is 18.8. The van der Waals surface area contributed by atoms with E-state index in [0.717, 1.165) is 10.8 Å². The Morgan fingerprint density at radius 3 is 2.38 bits per heavy atom. The number of ether oxygens (including phenoxy) is 1. The van der Waals surface area contributed by atoms with Crippen LogP contribution >= 0.6 is 12.2 Å². The van der Waals surface area contributed by atoms with Crippen LogP contribution in [0.2, 0.25) is 0 Å². The number of thiocarbonyl (C=S) groups is 1. The van der Waals surface area contributed by atoms with Crippen molar-refractivity contribution >= 4 is 50.7 Å². The third-order valence-corrected chi connectivity index (χ3v) is 5.44. The molecule has 7 nitrogen and oxygen atoms in total. The molecule has 1 heterocycles. The standard InChI is InChI=1S/C25H18FN5O2S/c1-33-23-13-16-5-3-2-4-15(16)12-20(23)24(32)28-25(34)27-18-8-11-21-22(14-18)30-31(29-21)19-9-6-17(26)7-10-19/h2-14H,1H3,(H2,27,28,32,34). The van der Waals surface area contributed by atoms with E-state index in [9.17, 15) is 9.18 Å². The molecule has 168 valence electrons. The van der Waals surface area contributed by atoms with E-state index in [4.69, 9.17) is 17.0 Å². The van der Waals surface area contributed by atoms with E-state index in [1.54, 1.807) is 36.4 Å². The van der Waals surface area contributed by atoms with Gasteiger partial charge < -0.3 is 10.1 Å². The van der Waals surface area contributed by atoms with Gasteiger partial charge in [0, 0.05) is 5.69 Å². The number of methoxy groups -OCH3 is 1. The van der Waals surface area contributed by atoms with Gasteiger partial charge in [0.05, 0.1) is 18.4 Å². The lowest BCUT2D eigenvalue weighted by molar-refractivity contribution is 0.0975. The number of rotatable bonds is 4. The molecule has 34 heavy (non-hydrogen) atoms. The van der Waals surface area contributed by atoms with Crippen LogP contribution in [0.4, 0.5) is 10.1 Å². The van der Waals surface area contributed by atoms with Gasteiger partial charge in [-0.25, -0.2) is 4.39 Å². The van der Waals surface area contributed by atoms with Crippen LogP contribution in [0.15, 0.2) is 78.9 Å². The summed E-state index contributed by atoms with van der Waals surface area (Å²) in [6.45, 7) is 0. The van der Waals surface area contributed by atoms with Gasteiger partial charge in [-0.3, -0.25) is 10.1 Å². The van der Waals surface area contributed by atoms with Crippen molar-refractivity contribution in [1.29, 1.82) is 0 Å². The molecule has 0 aliphatic heterocycles. The second kappa shape index (κ2) is 8.87. The SMILES string of the molecule is COc1cc2ccccc2cc1C(=O)NC(=S)Nc1ccc2nn(-c3ccc(F)cc3)nc2c1. The fourth-order valence-corrected chi connectivity index (χ4v) is 3.79. The first-order valence-corrected chi connectivity index (χ1v) is 10.7. The molecule has 1 aromatic heterocycles. The lowest BCUT2D eigenvalue weighted by atomic mass is 10.1. The van der Waals surface area contributed by atoms with E-state index >= 15 is 0 Å². The summed E-state index contributed by atoms with van der Waals surface area (Å²) in [5, 5.41) is 16.6. The fraction of sp³-hybridized carbons (Fsp3) is 0.0400. The van der Waals surface area contributed by atoms with Crippen molar-refractivity contribution in [3.8, 4) is 11.4 Å². The Hall–Kier alpha value is -4.37. The molecule has 0 aliphatic rings. The van der Waals surface area contributed by atoms with Crippen LogP contribution < -0.4 is 15.4 Å². The van der Waals surface area contributed by atoms with E-state index in [2.05, 4.69) is 20.8 Å². The van der Waals surface area contributed by atoms with Crippen LogP contribution in [0.5, 0.6) is 5.75 Å². The molecule has 4 aromatic carbocycles. The number of benzene rings is 4. The number of halogens is 1. The lowest BCUT2D eigenvalue weighted by Crippen LogP contribution is -2.34. The number of nitrogens with zero attached hydrogens (tertiary/aromatic N) is 3. The first-order valence-electron chi connectivity index (χ1n) is 10.3. The van der Waals surface area contributed by atoms with Gasteiger partial charge in [0.1, 0.15) is 22.6 Å². The number of hydrogen-bond donors (Lipinski definition) is 2. The molecule has 9 heteroatoms. The molecule has 2 N–H and O–H groups in total. The number of fused-ring (bicyclic) bond motifs is 2.